The number of aryl methyl sites for hydroxylation is 1. The average molecular weight is 375 g/mol. The highest BCUT2D eigenvalue weighted by Crippen LogP contribution is 2.27. The molecular weight excluding hydrogens is 358 g/mol. The number of H-pyrrole nitrogens is 1. The molecule has 4 heterocycles. The second-order valence-electron chi connectivity index (χ2n) is 6.81. The molecule has 1 aliphatic heterocycles. The van der Waals surface area contributed by atoms with E-state index >= 15 is 0 Å². The molecular formula is C20H17N5O3. The van der Waals surface area contributed by atoms with Crippen molar-refractivity contribution < 1.29 is 9.21 Å². The predicted octanol–water partition coefficient (Wildman–Crippen LogP) is 2.18. The highest BCUT2D eigenvalue weighted by molar-refractivity contribution is 5.99. The van der Waals surface area contributed by atoms with Crippen molar-refractivity contribution >= 4 is 11.6 Å². The normalized spacial score (nSPS) is 13.7. The second-order valence-corrected chi connectivity index (χ2v) is 6.81. The van der Waals surface area contributed by atoms with Crippen molar-refractivity contribution in [1.29, 1.82) is 0 Å². The third kappa shape index (κ3) is 2.61. The Hall–Kier alpha value is -3.68. The molecule has 3 aromatic heterocycles. The Balaban J connectivity index is 1.46. The van der Waals surface area contributed by atoms with Crippen molar-refractivity contribution in [3.05, 3.63) is 75.7 Å². The Morgan fingerprint density at radius 1 is 1.21 bits per heavy atom. The van der Waals surface area contributed by atoms with Crippen LogP contribution in [0.25, 0.3) is 17.1 Å². The lowest BCUT2D eigenvalue weighted by Gasteiger charge is -2.24. The maximum absolute atomic E-state index is 13.1. The molecule has 4 aromatic rings. The molecule has 1 aromatic carbocycles. The summed E-state index contributed by atoms with van der Waals surface area (Å²) in [6.45, 7) is 2.61. The zero-order valence-electron chi connectivity index (χ0n) is 15.2. The Kier molecular flexibility index (Phi) is 3.65. The second kappa shape index (κ2) is 6.19. The number of benzene rings is 1. The van der Waals surface area contributed by atoms with E-state index in [1.807, 2.05) is 30.3 Å². The summed E-state index contributed by atoms with van der Waals surface area (Å²) in [6, 6.07) is 11.1. The molecule has 5 rings (SSSR count). The molecule has 1 aliphatic rings. The van der Waals surface area contributed by atoms with Gasteiger partial charge in [-0.05, 0) is 19.1 Å². The molecule has 1 amide bonds. The van der Waals surface area contributed by atoms with Crippen LogP contribution in [-0.4, -0.2) is 36.9 Å². The number of nitrogens with zero attached hydrogens (tertiary/aromatic N) is 4. The highest BCUT2D eigenvalue weighted by atomic mass is 16.4. The minimum atomic E-state index is -0.244. The molecule has 140 valence electrons. The zero-order valence-corrected chi connectivity index (χ0v) is 15.2. The predicted molar refractivity (Wildman–Crippen MR) is 101 cm³/mol. The fourth-order valence-electron chi connectivity index (χ4n) is 3.50. The Bertz CT molecular complexity index is 1250. The van der Waals surface area contributed by atoms with E-state index in [0.29, 0.717) is 42.3 Å². The molecule has 0 aliphatic carbocycles. The minimum absolute atomic E-state index is 0.189. The topological polar surface area (TPSA) is 96.5 Å². The first-order chi connectivity index (χ1) is 13.6. The van der Waals surface area contributed by atoms with E-state index in [4.69, 9.17) is 4.42 Å². The number of hydrogen-bond donors (Lipinski definition) is 1. The number of oxazole rings is 1. The Labute approximate surface area is 159 Å². The first-order valence-electron chi connectivity index (χ1n) is 9.01. The first kappa shape index (κ1) is 16.5. The molecule has 0 atom stereocenters. The monoisotopic (exact) mass is 375 g/mol. The number of amides is 1. The van der Waals surface area contributed by atoms with E-state index in [1.54, 1.807) is 11.8 Å². The molecule has 1 N–H and O–H groups in total. The van der Waals surface area contributed by atoms with Gasteiger partial charge in [-0.3, -0.25) is 14.7 Å². The van der Waals surface area contributed by atoms with Crippen LogP contribution in [0.5, 0.6) is 0 Å². The van der Waals surface area contributed by atoms with Crippen molar-refractivity contribution in [2.45, 2.75) is 19.9 Å². The maximum Gasteiger partial charge on any atom is 0.272 e. The van der Waals surface area contributed by atoms with Gasteiger partial charge >= 0.3 is 0 Å². The van der Waals surface area contributed by atoms with Gasteiger partial charge in [0.2, 0.25) is 5.89 Å². The van der Waals surface area contributed by atoms with E-state index < -0.39 is 0 Å². The van der Waals surface area contributed by atoms with Gasteiger partial charge in [-0.25, -0.2) is 14.5 Å². The summed E-state index contributed by atoms with van der Waals surface area (Å²) in [6.07, 6.45) is 2.12. The van der Waals surface area contributed by atoms with Crippen LogP contribution >= 0.6 is 0 Å². The summed E-state index contributed by atoms with van der Waals surface area (Å²) in [7, 11) is 0. The molecule has 0 bridgehead atoms. The lowest BCUT2D eigenvalue weighted by atomic mass is 10.1. The number of rotatable bonds is 2. The van der Waals surface area contributed by atoms with Gasteiger partial charge in [-0.15, -0.1) is 0 Å². The molecule has 0 saturated heterocycles. The third-order valence-corrected chi connectivity index (χ3v) is 4.89. The van der Waals surface area contributed by atoms with Crippen LogP contribution < -0.4 is 5.56 Å². The van der Waals surface area contributed by atoms with Gasteiger partial charge in [-0.2, -0.15) is 0 Å². The number of nitrogens with one attached hydrogen (secondary N) is 1. The molecule has 0 fully saturated rings. The molecule has 8 nitrogen and oxygen atoms in total. The third-order valence-electron chi connectivity index (χ3n) is 4.89. The van der Waals surface area contributed by atoms with Gasteiger partial charge in [0.25, 0.3) is 11.5 Å². The van der Waals surface area contributed by atoms with E-state index in [0.717, 1.165) is 17.0 Å². The van der Waals surface area contributed by atoms with Crippen molar-refractivity contribution in [2.75, 3.05) is 6.54 Å². The quantitative estimate of drug-likeness (QED) is 0.579. The smallest absolute Gasteiger partial charge is 0.272 e. The van der Waals surface area contributed by atoms with Crippen molar-refractivity contribution in [3.8, 4) is 11.5 Å². The summed E-state index contributed by atoms with van der Waals surface area (Å²) < 4.78 is 7.18. The summed E-state index contributed by atoms with van der Waals surface area (Å²) >= 11 is 0. The largest absolute Gasteiger partial charge is 0.441 e. The van der Waals surface area contributed by atoms with Gasteiger partial charge in [-0.1, -0.05) is 18.2 Å². The molecule has 8 heteroatoms. The van der Waals surface area contributed by atoms with Crippen molar-refractivity contribution in [2.24, 2.45) is 0 Å². The van der Waals surface area contributed by atoms with Gasteiger partial charge < -0.3 is 9.32 Å². The minimum Gasteiger partial charge on any atom is -0.441 e. The Morgan fingerprint density at radius 3 is 2.86 bits per heavy atom. The van der Waals surface area contributed by atoms with Crippen molar-refractivity contribution in [3.63, 3.8) is 0 Å². The van der Waals surface area contributed by atoms with Crippen LogP contribution in [0.2, 0.25) is 0 Å². The van der Waals surface area contributed by atoms with Crippen LogP contribution in [-0.2, 0) is 13.0 Å². The summed E-state index contributed by atoms with van der Waals surface area (Å²) in [5, 5.41) is 2.81. The van der Waals surface area contributed by atoms with Crippen LogP contribution in [0.1, 0.15) is 27.5 Å². The van der Waals surface area contributed by atoms with E-state index in [2.05, 4.69) is 15.1 Å². The number of aromatic nitrogens is 4. The standard InChI is InChI=1S/C20H17N5O3/c1-12-9-17(26)25-18(22-12)14(10-21-25)20(27)24-8-7-16-15(11-24)23-19(28-16)13-5-3-2-4-6-13/h2-6,9-10,21H,7-8,11H2,1H3. The summed E-state index contributed by atoms with van der Waals surface area (Å²) in [5.41, 5.74) is 2.71. The lowest BCUT2D eigenvalue weighted by Crippen LogP contribution is -2.36. The maximum atomic E-state index is 13.1. The van der Waals surface area contributed by atoms with Gasteiger partial charge in [0, 0.05) is 36.5 Å². The van der Waals surface area contributed by atoms with Crippen molar-refractivity contribution in [1.82, 2.24) is 24.5 Å². The Morgan fingerprint density at radius 2 is 2.04 bits per heavy atom. The first-order valence-corrected chi connectivity index (χ1v) is 9.01. The van der Waals surface area contributed by atoms with Crippen LogP contribution in [0.3, 0.4) is 0 Å². The van der Waals surface area contributed by atoms with Gasteiger partial charge in [0.1, 0.15) is 17.0 Å². The fourth-order valence-corrected chi connectivity index (χ4v) is 3.50. The van der Waals surface area contributed by atoms with Crippen LogP contribution in [0, 0.1) is 6.92 Å². The fraction of sp³-hybridized carbons (Fsp3) is 0.200. The highest BCUT2D eigenvalue weighted by Gasteiger charge is 2.28. The average Bonchev–Trinajstić information content (AvgIpc) is 3.31. The van der Waals surface area contributed by atoms with E-state index in [1.165, 1.54) is 16.8 Å². The summed E-state index contributed by atoms with van der Waals surface area (Å²) in [5.74, 6) is 1.19. The van der Waals surface area contributed by atoms with Crippen LogP contribution in [0.4, 0.5) is 0 Å². The van der Waals surface area contributed by atoms with Crippen LogP contribution in [0.15, 0.2) is 51.8 Å². The summed E-state index contributed by atoms with van der Waals surface area (Å²) in [4.78, 5) is 35.8. The molecule has 0 spiro atoms. The van der Waals surface area contributed by atoms with Gasteiger partial charge in [0.05, 0.1) is 6.54 Å². The lowest BCUT2D eigenvalue weighted by molar-refractivity contribution is 0.0729. The number of carbonyl (C=O) groups is 1. The molecule has 0 unspecified atom stereocenters. The number of aromatic amines is 1. The van der Waals surface area contributed by atoms with E-state index in [9.17, 15) is 9.59 Å². The molecule has 0 saturated carbocycles. The molecule has 0 radical (unpaired) electrons. The molecule has 28 heavy (non-hydrogen) atoms. The zero-order chi connectivity index (χ0) is 19.3. The van der Waals surface area contributed by atoms with Gasteiger partial charge in [0.15, 0.2) is 5.65 Å². The SMILES string of the molecule is Cc1cc(=O)n2[nH]cc(C(=O)N3CCc4oc(-c5ccccc5)nc4C3)c2n1. The number of fused-ring (bicyclic) bond motifs is 2. The number of hydrogen-bond acceptors (Lipinski definition) is 5. The van der Waals surface area contributed by atoms with E-state index in [-0.39, 0.29) is 11.5 Å². The number of carbonyl (C=O) groups excluding carboxylic acids is 1.